The zero-order valence-corrected chi connectivity index (χ0v) is 17.0. The molecule has 4 aliphatic rings. The molecule has 26 heavy (non-hydrogen) atoms. The van der Waals surface area contributed by atoms with Crippen LogP contribution in [0, 0.1) is 46.3 Å². The number of rotatable bonds is 4. The standard InChI is InChI=1S/C24H38O2/c1-16(7-12-22(25)26)19-10-11-20-18-9-8-17-6-4-5-14-23(17,2)21(18)13-15-24(19,20)3/h8-9,16-21H,4-7,10-15H2,1-3H3,(H,25,26)/t16-,17-,18+,19+,20+,21+,23-,24+/m0/s1. The van der Waals surface area contributed by atoms with Crippen molar-refractivity contribution in [1.29, 1.82) is 0 Å². The Kier molecular flexibility index (Phi) is 4.77. The van der Waals surface area contributed by atoms with Gasteiger partial charge in [-0.2, -0.15) is 0 Å². The molecule has 0 spiro atoms. The molecule has 2 nitrogen and oxygen atoms in total. The topological polar surface area (TPSA) is 37.3 Å². The van der Waals surface area contributed by atoms with Crippen molar-refractivity contribution in [2.24, 2.45) is 46.3 Å². The Morgan fingerprint density at radius 1 is 1.04 bits per heavy atom. The molecule has 0 saturated heterocycles. The summed E-state index contributed by atoms with van der Waals surface area (Å²) in [6, 6.07) is 0. The highest BCUT2D eigenvalue weighted by Gasteiger charge is 2.58. The predicted molar refractivity (Wildman–Crippen MR) is 106 cm³/mol. The molecule has 3 fully saturated rings. The van der Waals surface area contributed by atoms with E-state index in [-0.39, 0.29) is 0 Å². The highest BCUT2D eigenvalue weighted by atomic mass is 16.4. The Balaban J connectivity index is 1.55. The SMILES string of the molecule is C[C@@H](CCC(=O)O)[C@H]1CC[C@@H]2[C@H]3C=C[C@@H]4CCCC[C@]4(C)[C@@H]3CC[C@@]21C. The first-order valence-corrected chi connectivity index (χ1v) is 11.3. The molecule has 0 radical (unpaired) electrons. The Morgan fingerprint density at radius 3 is 2.58 bits per heavy atom. The third-order valence-corrected chi connectivity index (χ3v) is 9.65. The normalized spacial score (nSPS) is 48.3. The highest BCUT2D eigenvalue weighted by molar-refractivity contribution is 5.66. The first-order valence-electron chi connectivity index (χ1n) is 11.3. The van der Waals surface area contributed by atoms with E-state index in [4.69, 9.17) is 5.11 Å². The predicted octanol–water partition coefficient (Wildman–Crippen LogP) is 6.31. The molecule has 0 amide bonds. The lowest BCUT2D eigenvalue weighted by atomic mass is 9.46. The number of hydrogen-bond acceptors (Lipinski definition) is 1. The van der Waals surface area contributed by atoms with E-state index in [0.717, 1.165) is 36.0 Å². The van der Waals surface area contributed by atoms with Crippen LogP contribution in [-0.2, 0) is 4.79 Å². The average Bonchev–Trinajstić information content (AvgIpc) is 2.96. The molecule has 0 bridgehead atoms. The maximum Gasteiger partial charge on any atom is 0.303 e. The maximum atomic E-state index is 11.0. The van der Waals surface area contributed by atoms with Gasteiger partial charge in [-0.15, -0.1) is 0 Å². The molecule has 3 saturated carbocycles. The van der Waals surface area contributed by atoms with Gasteiger partial charge in [-0.05, 0) is 91.3 Å². The molecule has 0 heterocycles. The molecule has 0 aromatic heterocycles. The van der Waals surface area contributed by atoms with Crippen molar-refractivity contribution in [2.45, 2.75) is 85.0 Å². The van der Waals surface area contributed by atoms with Crippen LogP contribution in [0.15, 0.2) is 12.2 Å². The minimum Gasteiger partial charge on any atom is -0.481 e. The summed E-state index contributed by atoms with van der Waals surface area (Å²) in [6.45, 7) is 7.50. The van der Waals surface area contributed by atoms with Crippen LogP contribution in [-0.4, -0.2) is 11.1 Å². The number of carboxylic acid groups (broad SMARTS) is 1. The summed E-state index contributed by atoms with van der Waals surface area (Å²) < 4.78 is 0. The van der Waals surface area contributed by atoms with Gasteiger partial charge in [0.25, 0.3) is 0 Å². The Labute approximate surface area is 159 Å². The monoisotopic (exact) mass is 358 g/mol. The van der Waals surface area contributed by atoms with Crippen molar-refractivity contribution >= 4 is 5.97 Å². The summed E-state index contributed by atoms with van der Waals surface area (Å²) in [5.74, 6) is 3.96. The van der Waals surface area contributed by atoms with Crippen molar-refractivity contribution in [3.8, 4) is 0 Å². The number of carbonyl (C=O) groups is 1. The quantitative estimate of drug-likeness (QED) is 0.598. The Bertz CT molecular complexity index is 581. The molecule has 2 heteroatoms. The van der Waals surface area contributed by atoms with Gasteiger partial charge >= 0.3 is 5.97 Å². The first-order chi connectivity index (χ1) is 12.4. The Hall–Kier alpha value is -0.790. The lowest BCUT2D eigenvalue weighted by Gasteiger charge is -2.58. The van der Waals surface area contributed by atoms with Crippen molar-refractivity contribution < 1.29 is 9.90 Å². The van der Waals surface area contributed by atoms with Gasteiger partial charge in [0, 0.05) is 6.42 Å². The summed E-state index contributed by atoms with van der Waals surface area (Å²) in [7, 11) is 0. The summed E-state index contributed by atoms with van der Waals surface area (Å²) in [4.78, 5) is 11.0. The molecule has 146 valence electrons. The van der Waals surface area contributed by atoms with Crippen LogP contribution in [0.1, 0.15) is 85.0 Å². The smallest absolute Gasteiger partial charge is 0.303 e. The molecule has 8 atom stereocenters. The van der Waals surface area contributed by atoms with Crippen LogP contribution in [0.5, 0.6) is 0 Å². The van der Waals surface area contributed by atoms with Crippen LogP contribution in [0.4, 0.5) is 0 Å². The summed E-state index contributed by atoms with van der Waals surface area (Å²) in [5, 5.41) is 9.09. The van der Waals surface area contributed by atoms with Gasteiger partial charge in [0.05, 0.1) is 0 Å². The van der Waals surface area contributed by atoms with E-state index in [1.807, 2.05) is 0 Å². The molecule has 0 aliphatic heterocycles. The lowest BCUT2D eigenvalue weighted by molar-refractivity contribution is -0.137. The van der Waals surface area contributed by atoms with Crippen LogP contribution in [0.3, 0.4) is 0 Å². The Morgan fingerprint density at radius 2 is 1.81 bits per heavy atom. The van der Waals surface area contributed by atoms with Crippen molar-refractivity contribution in [1.82, 2.24) is 0 Å². The maximum absolute atomic E-state index is 11.0. The van der Waals surface area contributed by atoms with E-state index in [1.165, 1.54) is 51.4 Å². The number of hydrogen-bond donors (Lipinski definition) is 1. The number of allylic oxidation sites excluding steroid dienone is 2. The largest absolute Gasteiger partial charge is 0.481 e. The summed E-state index contributed by atoms with van der Waals surface area (Å²) >= 11 is 0. The van der Waals surface area contributed by atoms with E-state index in [9.17, 15) is 4.79 Å². The third kappa shape index (κ3) is 2.78. The van der Waals surface area contributed by atoms with E-state index in [1.54, 1.807) is 0 Å². The molecular weight excluding hydrogens is 320 g/mol. The van der Waals surface area contributed by atoms with Gasteiger partial charge in [0.2, 0.25) is 0 Å². The molecule has 1 N–H and O–H groups in total. The summed E-state index contributed by atoms with van der Waals surface area (Å²) in [6.07, 6.45) is 17.6. The van der Waals surface area contributed by atoms with Gasteiger partial charge in [0.15, 0.2) is 0 Å². The van der Waals surface area contributed by atoms with Gasteiger partial charge in [-0.25, -0.2) is 0 Å². The molecule has 0 unspecified atom stereocenters. The fourth-order valence-corrected chi connectivity index (χ4v) is 8.18. The first kappa shape index (κ1) is 18.6. The van der Waals surface area contributed by atoms with Crippen LogP contribution < -0.4 is 0 Å². The van der Waals surface area contributed by atoms with E-state index < -0.39 is 5.97 Å². The highest BCUT2D eigenvalue weighted by Crippen LogP contribution is 2.66. The second-order valence-corrected chi connectivity index (χ2v) is 10.7. The van der Waals surface area contributed by atoms with E-state index in [0.29, 0.717) is 23.2 Å². The third-order valence-electron chi connectivity index (χ3n) is 9.65. The molecule has 4 aliphatic carbocycles. The second kappa shape index (κ2) is 6.67. The minimum atomic E-state index is -0.633. The second-order valence-electron chi connectivity index (χ2n) is 10.7. The van der Waals surface area contributed by atoms with E-state index >= 15 is 0 Å². The zero-order chi connectivity index (χ0) is 18.5. The van der Waals surface area contributed by atoms with Crippen molar-refractivity contribution in [3.05, 3.63) is 12.2 Å². The van der Waals surface area contributed by atoms with Crippen molar-refractivity contribution in [3.63, 3.8) is 0 Å². The van der Waals surface area contributed by atoms with Crippen molar-refractivity contribution in [2.75, 3.05) is 0 Å². The average molecular weight is 359 g/mol. The van der Waals surface area contributed by atoms with Crippen LogP contribution in [0.25, 0.3) is 0 Å². The van der Waals surface area contributed by atoms with Gasteiger partial charge in [-0.3, -0.25) is 4.79 Å². The molecule has 0 aromatic rings. The fourth-order valence-electron chi connectivity index (χ4n) is 8.18. The van der Waals surface area contributed by atoms with Crippen LogP contribution >= 0.6 is 0 Å². The number of aliphatic carboxylic acids is 1. The van der Waals surface area contributed by atoms with E-state index in [2.05, 4.69) is 32.9 Å². The number of fused-ring (bicyclic) bond motifs is 5. The fraction of sp³-hybridized carbons (Fsp3) is 0.875. The minimum absolute atomic E-state index is 0.337. The van der Waals surface area contributed by atoms with Gasteiger partial charge in [0.1, 0.15) is 0 Å². The number of carboxylic acids is 1. The summed E-state index contributed by atoms with van der Waals surface area (Å²) in [5.41, 5.74) is 0.979. The van der Waals surface area contributed by atoms with Gasteiger partial charge < -0.3 is 5.11 Å². The lowest BCUT2D eigenvalue weighted by Crippen LogP contribution is -2.51. The van der Waals surface area contributed by atoms with Crippen LogP contribution in [0.2, 0.25) is 0 Å². The molecule has 0 aromatic carbocycles. The van der Waals surface area contributed by atoms with Gasteiger partial charge in [-0.1, -0.05) is 45.8 Å². The molecule has 4 rings (SSSR count). The zero-order valence-electron chi connectivity index (χ0n) is 17.0. The molecular formula is C24H38O2.